The van der Waals surface area contributed by atoms with Gasteiger partial charge in [0.15, 0.2) is 5.78 Å². The first-order chi connectivity index (χ1) is 9.74. The van der Waals surface area contributed by atoms with Crippen LogP contribution in [0.3, 0.4) is 0 Å². The zero-order valence-electron chi connectivity index (χ0n) is 12.7. The molecule has 0 spiro atoms. The van der Waals surface area contributed by atoms with E-state index in [4.69, 9.17) is 0 Å². The normalized spacial score (nSPS) is 10.7. The quantitative estimate of drug-likeness (QED) is 0.362. The van der Waals surface area contributed by atoms with E-state index in [9.17, 15) is 9.18 Å². The molecule has 0 bridgehead atoms. The minimum atomic E-state index is -0.287. The number of benzene rings is 1. The smallest absolute Gasteiger partial charge is 0.162 e. The number of hydrogen-bond donors (Lipinski definition) is 0. The summed E-state index contributed by atoms with van der Waals surface area (Å²) in [5.41, 5.74) is 0.631. The summed E-state index contributed by atoms with van der Waals surface area (Å²) >= 11 is 0. The second-order valence-corrected chi connectivity index (χ2v) is 5.51. The lowest BCUT2D eigenvalue weighted by Gasteiger charge is -2.02. The Bertz CT molecular complexity index is 370. The van der Waals surface area contributed by atoms with Gasteiger partial charge in [-0.25, -0.2) is 4.39 Å². The average molecular weight is 278 g/mol. The van der Waals surface area contributed by atoms with Crippen LogP contribution in [0.5, 0.6) is 0 Å². The molecule has 0 radical (unpaired) electrons. The largest absolute Gasteiger partial charge is 0.294 e. The van der Waals surface area contributed by atoms with E-state index in [0.717, 1.165) is 12.8 Å². The molecule has 0 fully saturated rings. The van der Waals surface area contributed by atoms with Gasteiger partial charge in [-0.1, -0.05) is 58.3 Å². The second kappa shape index (κ2) is 10.6. The Balaban J connectivity index is 2.01. The molecule has 0 unspecified atom stereocenters. The maximum atomic E-state index is 12.7. The van der Waals surface area contributed by atoms with Crippen LogP contribution in [0.25, 0.3) is 0 Å². The summed E-state index contributed by atoms with van der Waals surface area (Å²) in [7, 11) is 0. The maximum Gasteiger partial charge on any atom is 0.162 e. The van der Waals surface area contributed by atoms with Gasteiger partial charge in [0.05, 0.1) is 0 Å². The van der Waals surface area contributed by atoms with Crippen LogP contribution >= 0.6 is 0 Å². The lowest BCUT2D eigenvalue weighted by molar-refractivity contribution is 0.0979. The zero-order chi connectivity index (χ0) is 14.6. The third-order valence-corrected chi connectivity index (χ3v) is 3.67. The van der Waals surface area contributed by atoms with Gasteiger partial charge < -0.3 is 0 Å². The molecule has 0 amide bonds. The van der Waals surface area contributed by atoms with Crippen molar-refractivity contribution in [3.8, 4) is 0 Å². The second-order valence-electron chi connectivity index (χ2n) is 5.51. The van der Waals surface area contributed by atoms with E-state index < -0.39 is 0 Å². The fourth-order valence-corrected chi connectivity index (χ4v) is 2.38. The minimum absolute atomic E-state index is 0.132. The van der Waals surface area contributed by atoms with Crippen molar-refractivity contribution in [2.24, 2.45) is 0 Å². The van der Waals surface area contributed by atoms with Gasteiger partial charge in [0.1, 0.15) is 5.82 Å². The molecule has 20 heavy (non-hydrogen) atoms. The highest BCUT2D eigenvalue weighted by Crippen LogP contribution is 2.12. The molecule has 0 heterocycles. The molecule has 0 aromatic heterocycles. The monoisotopic (exact) mass is 278 g/mol. The number of ketones is 1. The van der Waals surface area contributed by atoms with Crippen molar-refractivity contribution >= 4 is 5.78 Å². The van der Waals surface area contributed by atoms with Crippen LogP contribution in [0.2, 0.25) is 0 Å². The van der Waals surface area contributed by atoms with E-state index in [1.54, 1.807) is 12.1 Å². The van der Waals surface area contributed by atoms with Crippen LogP contribution in [0.15, 0.2) is 24.3 Å². The Morgan fingerprint density at radius 1 is 0.850 bits per heavy atom. The first-order valence-electron chi connectivity index (χ1n) is 8.03. The van der Waals surface area contributed by atoms with Crippen molar-refractivity contribution in [2.45, 2.75) is 71.1 Å². The number of carbonyl (C=O) groups is 1. The lowest BCUT2D eigenvalue weighted by atomic mass is 10.0. The Morgan fingerprint density at radius 3 is 1.90 bits per heavy atom. The van der Waals surface area contributed by atoms with Gasteiger partial charge >= 0.3 is 0 Å². The molecule has 1 rings (SSSR count). The summed E-state index contributed by atoms with van der Waals surface area (Å²) in [4.78, 5) is 11.8. The fourth-order valence-electron chi connectivity index (χ4n) is 2.38. The average Bonchev–Trinajstić information content (AvgIpc) is 2.46. The summed E-state index contributed by atoms with van der Waals surface area (Å²) in [5, 5.41) is 0. The summed E-state index contributed by atoms with van der Waals surface area (Å²) in [6.07, 6.45) is 11.9. The Hall–Kier alpha value is -1.18. The molecule has 0 aliphatic carbocycles. The number of Topliss-reactive ketones (excluding diaryl/α,β-unsaturated/α-hetero) is 1. The molecule has 1 nitrogen and oxygen atoms in total. The third-order valence-electron chi connectivity index (χ3n) is 3.67. The molecule has 0 N–H and O–H groups in total. The minimum Gasteiger partial charge on any atom is -0.294 e. The predicted molar refractivity (Wildman–Crippen MR) is 82.6 cm³/mol. The SMILES string of the molecule is CCCCCCCCCCCC(=O)c1ccc(F)cc1. The molecular formula is C18H27FO. The highest BCUT2D eigenvalue weighted by atomic mass is 19.1. The van der Waals surface area contributed by atoms with Gasteiger partial charge in [-0.15, -0.1) is 0 Å². The predicted octanol–water partition coefficient (Wildman–Crippen LogP) is 5.93. The number of rotatable bonds is 11. The highest BCUT2D eigenvalue weighted by molar-refractivity contribution is 5.95. The molecule has 112 valence electrons. The Kier molecular flexibility index (Phi) is 8.93. The van der Waals surface area contributed by atoms with Crippen LogP contribution in [0.1, 0.15) is 81.5 Å². The van der Waals surface area contributed by atoms with E-state index in [2.05, 4.69) is 6.92 Å². The van der Waals surface area contributed by atoms with Crippen LogP contribution in [0, 0.1) is 5.82 Å². The first-order valence-corrected chi connectivity index (χ1v) is 8.03. The molecule has 0 atom stereocenters. The number of carbonyl (C=O) groups excluding carboxylic acids is 1. The number of unbranched alkanes of at least 4 members (excludes halogenated alkanes) is 8. The molecular weight excluding hydrogens is 251 g/mol. The molecule has 0 saturated heterocycles. The van der Waals surface area contributed by atoms with Gasteiger partial charge in [-0.2, -0.15) is 0 Å². The zero-order valence-corrected chi connectivity index (χ0v) is 12.7. The number of hydrogen-bond acceptors (Lipinski definition) is 1. The summed E-state index contributed by atoms with van der Waals surface area (Å²) in [6.45, 7) is 2.23. The molecule has 0 aliphatic rings. The molecule has 1 aromatic carbocycles. The highest BCUT2D eigenvalue weighted by Gasteiger charge is 2.05. The first kappa shape index (κ1) is 16.9. The Labute approximate surface area is 122 Å². The Morgan fingerprint density at radius 2 is 1.35 bits per heavy atom. The topological polar surface area (TPSA) is 17.1 Å². The van der Waals surface area contributed by atoms with Crippen molar-refractivity contribution < 1.29 is 9.18 Å². The van der Waals surface area contributed by atoms with Gasteiger partial charge in [0.25, 0.3) is 0 Å². The van der Waals surface area contributed by atoms with Crippen LogP contribution in [-0.4, -0.2) is 5.78 Å². The molecule has 1 aromatic rings. The maximum absolute atomic E-state index is 12.7. The van der Waals surface area contributed by atoms with Gasteiger partial charge in [0, 0.05) is 12.0 Å². The van der Waals surface area contributed by atoms with Crippen LogP contribution in [-0.2, 0) is 0 Å². The van der Waals surface area contributed by atoms with Crippen molar-refractivity contribution in [1.82, 2.24) is 0 Å². The van der Waals surface area contributed by atoms with Gasteiger partial charge in [0.2, 0.25) is 0 Å². The summed E-state index contributed by atoms with van der Waals surface area (Å²) in [5.74, 6) is -0.155. The third kappa shape index (κ3) is 7.42. The van der Waals surface area contributed by atoms with E-state index in [0.29, 0.717) is 12.0 Å². The van der Waals surface area contributed by atoms with Gasteiger partial charge in [-0.05, 0) is 30.7 Å². The lowest BCUT2D eigenvalue weighted by Crippen LogP contribution is -1.98. The van der Waals surface area contributed by atoms with E-state index in [1.165, 1.54) is 57.1 Å². The van der Waals surface area contributed by atoms with Crippen LogP contribution < -0.4 is 0 Å². The van der Waals surface area contributed by atoms with E-state index in [-0.39, 0.29) is 11.6 Å². The fraction of sp³-hybridized carbons (Fsp3) is 0.611. The molecule has 0 aliphatic heterocycles. The summed E-state index contributed by atoms with van der Waals surface area (Å²) < 4.78 is 12.7. The van der Waals surface area contributed by atoms with Crippen molar-refractivity contribution in [2.75, 3.05) is 0 Å². The molecule has 2 heteroatoms. The van der Waals surface area contributed by atoms with E-state index >= 15 is 0 Å². The van der Waals surface area contributed by atoms with E-state index in [1.807, 2.05) is 0 Å². The van der Waals surface area contributed by atoms with Crippen molar-refractivity contribution in [1.29, 1.82) is 0 Å². The van der Waals surface area contributed by atoms with Crippen molar-refractivity contribution in [3.05, 3.63) is 35.6 Å². The van der Waals surface area contributed by atoms with Crippen molar-refractivity contribution in [3.63, 3.8) is 0 Å². The molecule has 0 saturated carbocycles. The standard InChI is InChI=1S/C18H27FO/c1-2-3-4-5-6-7-8-9-10-11-18(20)16-12-14-17(19)15-13-16/h12-15H,2-11H2,1H3. The van der Waals surface area contributed by atoms with Crippen LogP contribution in [0.4, 0.5) is 4.39 Å². The number of halogens is 1. The summed E-state index contributed by atoms with van der Waals surface area (Å²) in [6, 6.07) is 5.85. The van der Waals surface area contributed by atoms with Gasteiger partial charge in [-0.3, -0.25) is 4.79 Å².